The van der Waals surface area contributed by atoms with Gasteiger partial charge in [-0.3, -0.25) is 39.1 Å². The largest absolute Gasteiger partial charge is 0.384 e. The summed E-state index contributed by atoms with van der Waals surface area (Å²) in [5.74, 6) is -1.80. The number of H-pyrrole nitrogens is 1. The van der Waals surface area contributed by atoms with Crippen molar-refractivity contribution in [2.75, 3.05) is 25.0 Å². The van der Waals surface area contributed by atoms with Crippen molar-refractivity contribution in [3.8, 4) is 0 Å². The molecular weight excluding hydrogens is 626 g/mol. The van der Waals surface area contributed by atoms with Crippen molar-refractivity contribution in [2.24, 2.45) is 5.73 Å². The van der Waals surface area contributed by atoms with Gasteiger partial charge in [-0.25, -0.2) is 4.98 Å². The molecule has 2 unspecified atom stereocenters. The minimum absolute atomic E-state index is 0.0684. The van der Waals surface area contributed by atoms with Gasteiger partial charge >= 0.3 is 0 Å². The quantitative estimate of drug-likeness (QED) is 0.208. The smallest absolute Gasteiger partial charge is 0.264 e. The fraction of sp³-hybridized carbons (Fsp3) is 0.500. The summed E-state index contributed by atoms with van der Waals surface area (Å²) in [7, 11) is 0. The molecule has 0 spiro atoms. The van der Waals surface area contributed by atoms with E-state index in [1.165, 1.54) is 0 Å². The van der Waals surface area contributed by atoms with Crippen LogP contribution in [0.2, 0.25) is 0 Å². The number of benzene rings is 2. The Labute approximate surface area is 285 Å². The first kappa shape index (κ1) is 34.3. The molecule has 2 aromatic carbocycles. The van der Waals surface area contributed by atoms with Crippen molar-refractivity contribution in [1.82, 2.24) is 25.1 Å². The van der Waals surface area contributed by atoms with Gasteiger partial charge in [0.15, 0.2) is 0 Å². The van der Waals surface area contributed by atoms with Crippen LogP contribution in [0.3, 0.4) is 0 Å². The summed E-state index contributed by atoms with van der Waals surface area (Å²) in [4.78, 5) is 74.5. The number of nitrogens with one attached hydrogen (secondary N) is 3. The first-order valence-corrected chi connectivity index (χ1v) is 16.9. The van der Waals surface area contributed by atoms with Crippen LogP contribution in [-0.4, -0.2) is 86.2 Å². The highest BCUT2D eigenvalue weighted by Crippen LogP contribution is 2.43. The van der Waals surface area contributed by atoms with E-state index >= 15 is 0 Å². The van der Waals surface area contributed by atoms with Gasteiger partial charge in [-0.1, -0.05) is 12.1 Å². The Kier molecular flexibility index (Phi) is 8.86. The molecular formula is C36H45N7O6. The molecule has 49 heavy (non-hydrogen) atoms. The van der Waals surface area contributed by atoms with E-state index in [4.69, 9.17) is 15.5 Å². The number of carbonyl (C=O) groups is 5. The summed E-state index contributed by atoms with van der Waals surface area (Å²) in [6, 6.07) is 9.45. The number of nitrogens with two attached hydrogens (primary N) is 1. The topological polar surface area (TPSA) is 180 Å². The second kappa shape index (κ2) is 12.7. The van der Waals surface area contributed by atoms with Crippen LogP contribution in [0.25, 0.3) is 11.0 Å². The highest BCUT2D eigenvalue weighted by Gasteiger charge is 2.48. The van der Waals surface area contributed by atoms with E-state index in [-0.39, 0.29) is 35.0 Å². The molecule has 5 N–H and O–H groups in total. The molecule has 3 aromatic rings. The number of hydrogen-bond donors (Lipinski definition) is 4. The molecule has 0 radical (unpaired) electrons. The van der Waals surface area contributed by atoms with Crippen LogP contribution in [0, 0.1) is 0 Å². The normalized spacial score (nSPS) is 21.8. The van der Waals surface area contributed by atoms with E-state index in [0.717, 1.165) is 42.0 Å². The van der Waals surface area contributed by atoms with Crippen molar-refractivity contribution in [2.45, 2.75) is 95.9 Å². The predicted octanol–water partition coefficient (Wildman–Crippen LogP) is 3.84. The lowest BCUT2D eigenvalue weighted by atomic mass is 9.90. The van der Waals surface area contributed by atoms with E-state index in [1.54, 1.807) is 24.3 Å². The van der Waals surface area contributed by atoms with Gasteiger partial charge in [0.2, 0.25) is 11.8 Å². The Hall–Kier alpha value is -4.62. The van der Waals surface area contributed by atoms with Crippen LogP contribution in [-0.2, 0) is 19.9 Å². The molecule has 3 aliphatic rings. The van der Waals surface area contributed by atoms with Crippen LogP contribution >= 0.6 is 0 Å². The minimum atomic E-state index is -1.01. The second-order valence-electron chi connectivity index (χ2n) is 14.7. The SMILES string of the molecule is CC(C)(CCNc1cccc2c1C(=O)N(C1CCC(=O)NC1=O)C2=O)OCCC(C)(C)N1CCCC1(C)c1nc2c(C(N)=O)cccc2[nH]1. The fourth-order valence-electron chi connectivity index (χ4n) is 7.61. The number of nitrogens with zero attached hydrogens (tertiary/aromatic N) is 3. The molecule has 2 fully saturated rings. The third kappa shape index (κ3) is 6.32. The Morgan fingerprint density at radius 3 is 2.57 bits per heavy atom. The maximum absolute atomic E-state index is 13.4. The van der Waals surface area contributed by atoms with E-state index < -0.39 is 41.2 Å². The first-order chi connectivity index (χ1) is 23.1. The number of aromatic amines is 1. The summed E-state index contributed by atoms with van der Waals surface area (Å²) in [6.07, 6.45) is 3.50. The number of anilines is 1. The van der Waals surface area contributed by atoms with E-state index in [2.05, 4.69) is 41.3 Å². The average molecular weight is 672 g/mol. The van der Waals surface area contributed by atoms with Crippen LogP contribution in [0.5, 0.6) is 0 Å². The van der Waals surface area contributed by atoms with E-state index in [9.17, 15) is 24.0 Å². The van der Waals surface area contributed by atoms with E-state index in [0.29, 0.717) is 36.3 Å². The third-order valence-corrected chi connectivity index (χ3v) is 10.4. The molecule has 0 saturated carbocycles. The molecule has 13 heteroatoms. The molecule has 13 nitrogen and oxygen atoms in total. The minimum Gasteiger partial charge on any atom is -0.384 e. The molecule has 1 aromatic heterocycles. The van der Waals surface area contributed by atoms with Crippen molar-refractivity contribution in [1.29, 1.82) is 0 Å². The highest BCUT2D eigenvalue weighted by atomic mass is 16.5. The molecule has 2 atom stereocenters. The number of imidazole rings is 1. The van der Waals surface area contributed by atoms with Gasteiger partial charge in [-0.05, 0) is 97.5 Å². The standard InChI is InChI=1S/C36H45N7O6/c1-34(2,42-19-8-15-36(42,5)33-39-24-12-7-10-22(29(37)45)28(24)41-33)17-20-49-35(3,4)16-18-38-23-11-6-9-21-27(23)32(48)43(31(21)47)25-13-14-26(44)40-30(25)46/h6-7,9-12,25,38H,8,13-20H2,1-5H3,(H2,37,45)(H,39,41)(H,40,44,46). The number of likely N-dealkylation sites (tertiary alicyclic amines) is 1. The number of amides is 5. The average Bonchev–Trinajstić information content (AvgIpc) is 3.72. The molecule has 0 bridgehead atoms. The zero-order chi connectivity index (χ0) is 35.3. The summed E-state index contributed by atoms with van der Waals surface area (Å²) >= 11 is 0. The fourth-order valence-corrected chi connectivity index (χ4v) is 7.61. The van der Waals surface area contributed by atoms with Gasteiger partial charge in [-0.2, -0.15) is 0 Å². The molecule has 2 saturated heterocycles. The van der Waals surface area contributed by atoms with Crippen molar-refractivity contribution in [3.05, 3.63) is 58.9 Å². The zero-order valence-corrected chi connectivity index (χ0v) is 28.8. The summed E-state index contributed by atoms with van der Waals surface area (Å²) in [6.45, 7) is 12.6. The predicted molar refractivity (Wildman–Crippen MR) is 183 cm³/mol. The number of primary amides is 1. The van der Waals surface area contributed by atoms with Crippen molar-refractivity contribution >= 4 is 46.3 Å². The Morgan fingerprint density at radius 2 is 1.84 bits per heavy atom. The first-order valence-electron chi connectivity index (χ1n) is 16.9. The zero-order valence-electron chi connectivity index (χ0n) is 28.8. The van der Waals surface area contributed by atoms with Crippen LogP contribution < -0.4 is 16.4 Å². The molecule has 5 amide bonds. The number of hydrogen-bond acceptors (Lipinski definition) is 9. The highest BCUT2D eigenvalue weighted by molar-refractivity contribution is 6.25. The number of para-hydroxylation sites is 1. The lowest BCUT2D eigenvalue weighted by molar-refractivity contribution is -0.136. The van der Waals surface area contributed by atoms with Crippen molar-refractivity contribution < 1.29 is 28.7 Å². The van der Waals surface area contributed by atoms with Gasteiger partial charge in [0.1, 0.15) is 17.4 Å². The van der Waals surface area contributed by atoms with Gasteiger partial charge in [0.05, 0.1) is 33.3 Å². The Bertz CT molecular complexity index is 1850. The Morgan fingerprint density at radius 1 is 1.08 bits per heavy atom. The summed E-state index contributed by atoms with van der Waals surface area (Å²) < 4.78 is 6.43. The number of aromatic nitrogens is 2. The maximum Gasteiger partial charge on any atom is 0.264 e. The lowest BCUT2D eigenvalue weighted by Crippen LogP contribution is -2.54. The monoisotopic (exact) mass is 671 g/mol. The number of fused-ring (bicyclic) bond motifs is 2. The summed E-state index contributed by atoms with van der Waals surface area (Å²) in [5.41, 5.74) is 7.33. The summed E-state index contributed by atoms with van der Waals surface area (Å²) in [5, 5.41) is 5.54. The van der Waals surface area contributed by atoms with Crippen LogP contribution in [0.15, 0.2) is 36.4 Å². The lowest BCUT2D eigenvalue weighted by Gasteiger charge is -2.45. The number of ether oxygens (including phenoxy) is 1. The molecule has 6 rings (SSSR count). The third-order valence-electron chi connectivity index (χ3n) is 10.4. The van der Waals surface area contributed by atoms with Crippen LogP contribution in [0.1, 0.15) is 110 Å². The van der Waals surface area contributed by atoms with E-state index in [1.807, 2.05) is 26.0 Å². The van der Waals surface area contributed by atoms with Crippen LogP contribution in [0.4, 0.5) is 5.69 Å². The number of rotatable bonds is 12. The number of carbonyl (C=O) groups excluding carboxylic acids is 5. The number of piperidine rings is 1. The second-order valence-corrected chi connectivity index (χ2v) is 14.7. The molecule has 260 valence electrons. The van der Waals surface area contributed by atoms with Crippen molar-refractivity contribution in [3.63, 3.8) is 0 Å². The Balaban J connectivity index is 1.06. The van der Waals surface area contributed by atoms with Gasteiger partial charge < -0.3 is 20.8 Å². The number of imide groups is 2. The maximum atomic E-state index is 13.4. The van der Waals surface area contributed by atoms with Gasteiger partial charge in [-0.15, -0.1) is 0 Å². The molecule has 0 aliphatic carbocycles. The molecule has 4 heterocycles. The van der Waals surface area contributed by atoms with Gasteiger partial charge in [0.25, 0.3) is 17.7 Å². The van der Waals surface area contributed by atoms with Gasteiger partial charge in [0, 0.05) is 30.8 Å². The molecule has 3 aliphatic heterocycles.